The summed E-state index contributed by atoms with van der Waals surface area (Å²) in [5.41, 5.74) is 7.41. The molecule has 1 heterocycles. The quantitative estimate of drug-likeness (QED) is 0.882. The summed E-state index contributed by atoms with van der Waals surface area (Å²) in [6.45, 7) is 4.82. The van der Waals surface area contributed by atoms with Crippen LogP contribution in [0.2, 0.25) is 0 Å². The number of halogens is 1. The number of aromatic nitrogens is 2. The minimum atomic E-state index is -0.0781. The number of para-hydroxylation sites is 1. The van der Waals surface area contributed by atoms with Crippen LogP contribution in [0.4, 0.5) is 0 Å². The molecule has 0 aliphatic rings. The second kappa shape index (κ2) is 8.70. The van der Waals surface area contributed by atoms with Gasteiger partial charge in [0, 0.05) is 25.8 Å². The smallest absolute Gasteiger partial charge is 0.274 e. The van der Waals surface area contributed by atoms with Gasteiger partial charge in [0.1, 0.15) is 0 Å². The molecule has 1 aromatic heterocycles. The average molecular weight is 337 g/mol. The van der Waals surface area contributed by atoms with Crippen LogP contribution in [-0.4, -0.2) is 40.2 Å². The van der Waals surface area contributed by atoms with Crippen molar-refractivity contribution >= 4 is 18.3 Å². The Morgan fingerprint density at radius 1 is 1.26 bits per heavy atom. The monoisotopic (exact) mass is 336 g/mol. The molecule has 2 aromatic rings. The molecule has 1 atom stereocenters. The first-order valence-corrected chi connectivity index (χ1v) is 7.61. The zero-order valence-corrected chi connectivity index (χ0v) is 14.7. The van der Waals surface area contributed by atoms with E-state index < -0.39 is 0 Å². The Morgan fingerprint density at radius 2 is 1.91 bits per heavy atom. The van der Waals surface area contributed by atoms with Crippen LogP contribution >= 0.6 is 12.4 Å². The Bertz CT molecular complexity index is 612. The molecule has 0 aliphatic heterocycles. The Kier molecular flexibility index (Phi) is 7.26. The van der Waals surface area contributed by atoms with E-state index in [9.17, 15) is 4.79 Å². The van der Waals surface area contributed by atoms with Crippen molar-refractivity contribution in [3.63, 3.8) is 0 Å². The molecule has 1 aromatic carbocycles. The molecule has 126 valence electrons. The first-order valence-electron chi connectivity index (χ1n) is 7.61. The fourth-order valence-electron chi connectivity index (χ4n) is 2.14. The Balaban J connectivity index is 0.00000264. The van der Waals surface area contributed by atoms with Gasteiger partial charge in [0.15, 0.2) is 5.69 Å². The molecule has 1 unspecified atom stereocenters. The lowest BCUT2D eigenvalue weighted by Gasteiger charge is -2.20. The third-order valence-electron chi connectivity index (χ3n) is 3.83. The van der Waals surface area contributed by atoms with Gasteiger partial charge in [-0.1, -0.05) is 32.0 Å². The SMILES string of the molecule is CC(C)C(N)CCN(C)C(=O)c1ccn(-c2ccccc2)n1.Cl. The van der Waals surface area contributed by atoms with Crippen LogP contribution in [0.15, 0.2) is 42.6 Å². The highest BCUT2D eigenvalue weighted by Gasteiger charge is 2.16. The fourth-order valence-corrected chi connectivity index (χ4v) is 2.14. The van der Waals surface area contributed by atoms with Crippen molar-refractivity contribution in [2.45, 2.75) is 26.3 Å². The van der Waals surface area contributed by atoms with Gasteiger partial charge < -0.3 is 10.6 Å². The predicted octanol–water partition coefficient (Wildman–Crippen LogP) is 2.74. The normalized spacial score (nSPS) is 11.9. The maximum absolute atomic E-state index is 12.4. The molecular formula is C17H25ClN4O. The van der Waals surface area contributed by atoms with Gasteiger partial charge in [-0.2, -0.15) is 5.10 Å². The number of carbonyl (C=O) groups excluding carboxylic acids is 1. The van der Waals surface area contributed by atoms with E-state index in [-0.39, 0.29) is 24.4 Å². The van der Waals surface area contributed by atoms with Gasteiger partial charge in [0.05, 0.1) is 5.69 Å². The third-order valence-corrected chi connectivity index (χ3v) is 3.83. The van der Waals surface area contributed by atoms with Crippen LogP contribution in [0.3, 0.4) is 0 Å². The largest absolute Gasteiger partial charge is 0.340 e. The summed E-state index contributed by atoms with van der Waals surface area (Å²) in [7, 11) is 1.79. The topological polar surface area (TPSA) is 64.2 Å². The van der Waals surface area contributed by atoms with Crippen LogP contribution in [0, 0.1) is 5.92 Å². The van der Waals surface area contributed by atoms with E-state index >= 15 is 0 Å². The van der Waals surface area contributed by atoms with Gasteiger partial charge in [-0.3, -0.25) is 4.79 Å². The van der Waals surface area contributed by atoms with Crippen molar-refractivity contribution in [1.29, 1.82) is 0 Å². The number of nitrogens with zero attached hydrogens (tertiary/aromatic N) is 3. The highest BCUT2D eigenvalue weighted by atomic mass is 35.5. The van der Waals surface area contributed by atoms with Crippen LogP contribution in [0.5, 0.6) is 0 Å². The van der Waals surface area contributed by atoms with Crippen molar-refractivity contribution in [1.82, 2.24) is 14.7 Å². The molecule has 0 bridgehead atoms. The second-order valence-corrected chi connectivity index (χ2v) is 5.90. The minimum absolute atomic E-state index is 0. The first-order chi connectivity index (χ1) is 10.5. The van der Waals surface area contributed by atoms with Crippen molar-refractivity contribution < 1.29 is 4.79 Å². The zero-order chi connectivity index (χ0) is 16.1. The van der Waals surface area contributed by atoms with E-state index in [1.54, 1.807) is 28.9 Å². The Hall–Kier alpha value is -1.85. The van der Waals surface area contributed by atoms with Crippen LogP contribution in [0.25, 0.3) is 5.69 Å². The molecular weight excluding hydrogens is 312 g/mol. The maximum Gasteiger partial charge on any atom is 0.274 e. The number of hydrogen-bond donors (Lipinski definition) is 1. The van der Waals surface area contributed by atoms with Crippen molar-refractivity contribution in [2.75, 3.05) is 13.6 Å². The summed E-state index contributed by atoms with van der Waals surface area (Å²) < 4.78 is 1.71. The number of carbonyl (C=O) groups is 1. The summed E-state index contributed by atoms with van der Waals surface area (Å²) in [6, 6.07) is 11.6. The standard InChI is InChI=1S/C17H24N4O.ClH/c1-13(2)15(18)9-11-20(3)17(22)16-10-12-21(19-16)14-7-5-4-6-8-14;/h4-8,10,12-13,15H,9,11,18H2,1-3H3;1H. The van der Waals surface area contributed by atoms with Crippen molar-refractivity contribution in [3.05, 3.63) is 48.3 Å². The van der Waals surface area contributed by atoms with Crippen LogP contribution < -0.4 is 5.73 Å². The molecule has 2 N–H and O–H groups in total. The molecule has 5 nitrogen and oxygen atoms in total. The van der Waals surface area contributed by atoms with Crippen molar-refractivity contribution in [2.24, 2.45) is 11.7 Å². The highest BCUT2D eigenvalue weighted by molar-refractivity contribution is 5.92. The van der Waals surface area contributed by atoms with E-state index in [4.69, 9.17) is 5.73 Å². The maximum atomic E-state index is 12.4. The number of rotatable bonds is 6. The van der Waals surface area contributed by atoms with Gasteiger partial charge >= 0.3 is 0 Å². The summed E-state index contributed by atoms with van der Waals surface area (Å²) in [5.74, 6) is 0.339. The number of nitrogens with two attached hydrogens (primary N) is 1. The summed E-state index contributed by atoms with van der Waals surface area (Å²) >= 11 is 0. The lowest BCUT2D eigenvalue weighted by atomic mass is 10.0. The number of amides is 1. The molecule has 0 fully saturated rings. The van der Waals surface area contributed by atoms with Gasteiger partial charge in [-0.25, -0.2) is 4.68 Å². The summed E-state index contributed by atoms with van der Waals surface area (Å²) in [4.78, 5) is 14.1. The predicted molar refractivity (Wildman–Crippen MR) is 95.2 cm³/mol. The van der Waals surface area contributed by atoms with E-state index in [1.165, 1.54) is 0 Å². The highest BCUT2D eigenvalue weighted by Crippen LogP contribution is 2.09. The third kappa shape index (κ3) is 5.08. The second-order valence-electron chi connectivity index (χ2n) is 5.90. The van der Waals surface area contributed by atoms with Crippen LogP contribution in [-0.2, 0) is 0 Å². The fraction of sp³-hybridized carbons (Fsp3) is 0.412. The van der Waals surface area contributed by atoms with Gasteiger partial charge in [0.25, 0.3) is 5.91 Å². The number of benzene rings is 1. The number of hydrogen-bond acceptors (Lipinski definition) is 3. The average Bonchev–Trinajstić information content (AvgIpc) is 3.02. The Labute approximate surface area is 143 Å². The summed E-state index contributed by atoms with van der Waals surface area (Å²) in [6.07, 6.45) is 2.59. The molecule has 0 radical (unpaired) electrons. The van der Waals surface area contributed by atoms with E-state index in [0.29, 0.717) is 18.2 Å². The molecule has 6 heteroatoms. The van der Waals surface area contributed by atoms with Crippen LogP contribution in [0.1, 0.15) is 30.8 Å². The summed E-state index contributed by atoms with van der Waals surface area (Å²) in [5, 5.41) is 4.36. The molecule has 2 rings (SSSR count). The lowest BCUT2D eigenvalue weighted by molar-refractivity contribution is 0.0783. The first kappa shape index (κ1) is 19.2. The molecule has 23 heavy (non-hydrogen) atoms. The lowest BCUT2D eigenvalue weighted by Crippen LogP contribution is -2.34. The van der Waals surface area contributed by atoms with Gasteiger partial charge in [-0.15, -0.1) is 12.4 Å². The van der Waals surface area contributed by atoms with E-state index in [1.807, 2.05) is 30.3 Å². The van der Waals surface area contributed by atoms with E-state index in [0.717, 1.165) is 12.1 Å². The molecule has 0 saturated carbocycles. The van der Waals surface area contributed by atoms with Crippen molar-refractivity contribution in [3.8, 4) is 5.69 Å². The van der Waals surface area contributed by atoms with Gasteiger partial charge in [0.2, 0.25) is 0 Å². The molecule has 1 amide bonds. The zero-order valence-electron chi connectivity index (χ0n) is 13.8. The molecule has 0 spiro atoms. The van der Waals surface area contributed by atoms with E-state index in [2.05, 4.69) is 18.9 Å². The minimum Gasteiger partial charge on any atom is -0.340 e. The molecule has 0 aliphatic carbocycles. The van der Waals surface area contributed by atoms with Gasteiger partial charge in [-0.05, 0) is 30.5 Å². The Morgan fingerprint density at radius 3 is 2.52 bits per heavy atom. The molecule has 0 saturated heterocycles.